The fourth-order valence-electron chi connectivity index (χ4n) is 1.61. The first-order valence-electron chi connectivity index (χ1n) is 3.89. The Kier molecular flexibility index (Phi) is 3.26. The van der Waals surface area contributed by atoms with E-state index in [-0.39, 0.29) is 0 Å². The highest BCUT2D eigenvalue weighted by Crippen LogP contribution is 2.29. The van der Waals surface area contributed by atoms with Gasteiger partial charge in [0.2, 0.25) is 0 Å². The van der Waals surface area contributed by atoms with Gasteiger partial charge in [0.25, 0.3) is 0 Å². The standard InChI is InChI=1S/C8H15NS/c1-9-8(10-2)7-5-3-4-6-7/h7H,3-6H2,1-2H3. The van der Waals surface area contributed by atoms with E-state index in [2.05, 4.69) is 11.2 Å². The van der Waals surface area contributed by atoms with Gasteiger partial charge in [0.05, 0.1) is 5.04 Å². The number of thioether (sulfide) groups is 1. The maximum absolute atomic E-state index is 4.27. The highest BCUT2D eigenvalue weighted by molar-refractivity contribution is 8.13. The van der Waals surface area contributed by atoms with Crippen LogP contribution in [-0.4, -0.2) is 18.3 Å². The topological polar surface area (TPSA) is 12.4 Å². The average Bonchev–Trinajstić information content (AvgIpc) is 2.43. The summed E-state index contributed by atoms with van der Waals surface area (Å²) < 4.78 is 0. The van der Waals surface area contributed by atoms with Crippen molar-refractivity contribution >= 4 is 16.8 Å². The summed E-state index contributed by atoms with van der Waals surface area (Å²) in [5.41, 5.74) is 0. The van der Waals surface area contributed by atoms with Gasteiger partial charge in [-0.2, -0.15) is 0 Å². The van der Waals surface area contributed by atoms with E-state index < -0.39 is 0 Å². The lowest BCUT2D eigenvalue weighted by molar-refractivity contribution is 0.738. The summed E-state index contributed by atoms with van der Waals surface area (Å²) >= 11 is 1.82. The van der Waals surface area contributed by atoms with Gasteiger partial charge < -0.3 is 0 Å². The normalized spacial score (nSPS) is 22.0. The van der Waals surface area contributed by atoms with E-state index in [1.807, 2.05) is 18.8 Å². The Morgan fingerprint density at radius 3 is 2.40 bits per heavy atom. The first-order chi connectivity index (χ1) is 4.88. The first-order valence-corrected chi connectivity index (χ1v) is 5.11. The molecule has 0 aliphatic heterocycles. The molecule has 0 atom stereocenters. The van der Waals surface area contributed by atoms with Gasteiger partial charge in [-0.15, -0.1) is 11.8 Å². The van der Waals surface area contributed by atoms with Gasteiger partial charge in [-0.1, -0.05) is 12.8 Å². The van der Waals surface area contributed by atoms with E-state index in [4.69, 9.17) is 0 Å². The number of hydrogen-bond acceptors (Lipinski definition) is 2. The molecule has 0 heterocycles. The van der Waals surface area contributed by atoms with Crippen molar-refractivity contribution in [2.75, 3.05) is 13.3 Å². The van der Waals surface area contributed by atoms with Crippen LogP contribution in [0.1, 0.15) is 25.7 Å². The molecular formula is C8H15NS. The molecule has 0 radical (unpaired) electrons. The zero-order valence-electron chi connectivity index (χ0n) is 6.76. The number of rotatable bonds is 1. The summed E-state index contributed by atoms with van der Waals surface area (Å²) in [5, 5.41) is 1.36. The van der Waals surface area contributed by atoms with Crippen LogP contribution >= 0.6 is 11.8 Å². The molecule has 0 aromatic heterocycles. The van der Waals surface area contributed by atoms with E-state index in [9.17, 15) is 0 Å². The van der Waals surface area contributed by atoms with Crippen LogP contribution < -0.4 is 0 Å². The first kappa shape index (κ1) is 8.12. The molecule has 1 saturated carbocycles. The zero-order valence-corrected chi connectivity index (χ0v) is 7.58. The van der Waals surface area contributed by atoms with E-state index in [1.54, 1.807) is 0 Å². The molecule has 1 fully saturated rings. The summed E-state index contributed by atoms with van der Waals surface area (Å²) in [5.74, 6) is 0.806. The van der Waals surface area contributed by atoms with Crippen LogP contribution in [0.25, 0.3) is 0 Å². The SMILES string of the molecule is CN=C(SC)C1CCCC1. The Bertz CT molecular complexity index is 125. The minimum atomic E-state index is 0.806. The molecule has 0 aromatic carbocycles. The summed E-state index contributed by atoms with van der Waals surface area (Å²) in [7, 11) is 1.91. The Morgan fingerprint density at radius 2 is 2.00 bits per heavy atom. The Hall–Kier alpha value is 0.0200. The molecule has 1 nitrogen and oxygen atoms in total. The molecule has 0 aromatic rings. The second-order valence-electron chi connectivity index (χ2n) is 2.75. The minimum absolute atomic E-state index is 0.806. The van der Waals surface area contributed by atoms with Gasteiger partial charge in [0.15, 0.2) is 0 Å². The average molecular weight is 157 g/mol. The van der Waals surface area contributed by atoms with Gasteiger partial charge in [-0.05, 0) is 19.1 Å². The van der Waals surface area contributed by atoms with Crippen LogP contribution in [0.3, 0.4) is 0 Å². The highest BCUT2D eigenvalue weighted by Gasteiger charge is 2.19. The molecule has 0 amide bonds. The summed E-state index contributed by atoms with van der Waals surface area (Å²) in [6, 6.07) is 0. The van der Waals surface area contributed by atoms with Gasteiger partial charge in [-0.25, -0.2) is 0 Å². The lowest BCUT2D eigenvalue weighted by atomic mass is 10.1. The predicted octanol–water partition coefficient (Wildman–Crippen LogP) is 2.57. The van der Waals surface area contributed by atoms with Crippen LogP contribution in [0, 0.1) is 5.92 Å². The van der Waals surface area contributed by atoms with Crippen molar-refractivity contribution in [3.8, 4) is 0 Å². The molecule has 10 heavy (non-hydrogen) atoms. The maximum Gasteiger partial charge on any atom is 0.0700 e. The van der Waals surface area contributed by atoms with Crippen molar-refractivity contribution in [3.63, 3.8) is 0 Å². The zero-order chi connectivity index (χ0) is 7.40. The number of nitrogens with zero attached hydrogens (tertiary/aromatic N) is 1. The molecular weight excluding hydrogens is 142 g/mol. The Labute approximate surface area is 67.3 Å². The summed E-state index contributed by atoms with van der Waals surface area (Å²) in [6.45, 7) is 0. The largest absolute Gasteiger partial charge is 0.286 e. The van der Waals surface area contributed by atoms with E-state index in [0.717, 1.165) is 5.92 Å². The smallest absolute Gasteiger partial charge is 0.0700 e. The molecule has 1 rings (SSSR count). The van der Waals surface area contributed by atoms with Crippen molar-refractivity contribution in [2.45, 2.75) is 25.7 Å². The fourth-order valence-corrected chi connectivity index (χ4v) is 2.36. The van der Waals surface area contributed by atoms with E-state index >= 15 is 0 Å². The van der Waals surface area contributed by atoms with Crippen LogP contribution in [-0.2, 0) is 0 Å². The molecule has 2 heteroatoms. The predicted molar refractivity (Wildman–Crippen MR) is 48.8 cm³/mol. The van der Waals surface area contributed by atoms with E-state index in [0.29, 0.717) is 0 Å². The quantitative estimate of drug-likeness (QED) is 0.421. The van der Waals surface area contributed by atoms with Crippen LogP contribution in [0.4, 0.5) is 0 Å². The molecule has 0 N–H and O–H groups in total. The monoisotopic (exact) mass is 157 g/mol. The van der Waals surface area contributed by atoms with Gasteiger partial charge in [-0.3, -0.25) is 4.99 Å². The third-order valence-electron chi connectivity index (χ3n) is 2.13. The molecule has 0 saturated heterocycles. The molecule has 0 unspecified atom stereocenters. The van der Waals surface area contributed by atoms with Crippen molar-refractivity contribution < 1.29 is 0 Å². The molecule has 1 aliphatic carbocycles. The number of hydrogen-bond donors (Lipinski definition) is 0. The lowest BCUT2D eigenvalue weighted by Crippen LogP contribution is -2.05. The van der Waals surface area contributed by atoms with Gasteiger partial charge >= 0.3 is 0 Å². The van der Waals surface area contributed by atoms with Gasteiger partial charge in [0.1, 0.15) is 0 Å². The van der Waals surface area contributed by atoms with Crippen molar-refractivity contribution in [1.82, 2.24) is 0 Å². The van der Waals surface area contributed by atoms with Crippen LogP contribution in [0.2, 0.25) is 0 Å². The van der Waals surface area contributed by atoms with Crippen molar-refractivity contribution in [3.05, 3.63) is 0 Å². The second-order valence-corrected chi connectivity index (χ2v) is 3.57. The van der Waals surface area contributed by atoms with Crippen molar-refractivity contribution in [1.29, 1.82) is 0 Å². The molecule has 0 spiro atoms. The Balaban J connectivity index is 2.45. The fraction of sp³-hybridized carbons (Fsp3) is 0.875. The van der Waals surface area contributed by atoms with Crippen molar-refractivity contribution in [2.24, 2.45) is 10.9 Å². The third kappa shape index (κ3) is 1.75. The molecule has 1 aliphatic rings. The highest BCUT2D eigenvalue weighted by atomic mass is 32.2. The maximum atomic E-state index is 4.27. The molecule has 58 valence electrons. The summed E-state index contributed by atoms with van der Waals surface area (Å²) in [6.07, 6.45) is 7.68. The van der Waals surface area contributed by atoms with Gasteiger partial charge in [0, 0.05) is 13.0 Å². The number of aliphatic imine (C=N–C) groups is 1. The second kappa shape index (κ2) is 4.02. The van der Waals surface area contributed by atoms with Crippen LogP contribution in [0.5, 0.6) is 0 Å². The van der Waals surface area contributed by atoms with E-state index in [1.165, 1.54) is 30.7 Å². The Morgan fingerprint density at radius 1 is 1.40 bits per heavy atom. The van der Waals surface area contributed by atoms with Crippen LogP contribution in [0.15, 0.2) is 4.99 Å². The molecule has 0 bridgehead atoms. The minimum Gasteiger partial charge on any atom is -0.286 e. The summed E-state index contributed by atoms with van der Waals surface area (Å²) in [4.78, 5) is 4.27. The lowest BCUT2D eigenvalue weighted by Gasteiger charge is -2.08. The third-order valence-corrected chi connectivity index (χ3v) is 3.07.